The lowest BCUT2D eigenvalue weighted by Crippen LogP contribution is -2.26. The molecule has 1 aliphatic rings. The normalized spacial score (nSPS) is 22.2. The van der Waals surface area contributed by atoms with Gasteiger partial charge in [0.2, 0.25) is 0 Å². The van der Waals surface area contributed by atoms with Crippen LogP contribution in [-0.4, -0.2) is 5.25 Å². The van der Waals surface area contributed by atoms with Crippen LogP contribution in [0.4, 0.5) is 0 Å². The van der Waals surface area contributed by atoms with Crippen LogP contribution in [0, 0.1) is 0 Å². The molecule has 100 valence electrons. The molecule has 0 bridgehead atoms. The molecule has 0 amide bonds. The molecule has 0 fully saturated rings. The molecule has 0 spiro atoms. The molecule has 2 aromatic rings. The number of thioether (sulfide) groups is 1. The average Bonchev–Trinajstić information content (AvgIpc) is 2.85. The Labute approximate surface area is 130 Å². The lowest BCUT2D eigenvalue weighted by molar-refractivity contribution is 0.487. The highest BCUT2D eigenvalue weighted by Gasteiger charge is 2.25. The van der Waals surface area contributed by atoms with E-state index in [-0.39, 0.29) is 0 Å². The maximum Gasteiger partial charge on any atom is 0.0649 e. The first kappa shape index (κ1) is 13.7. The molecule has 1 aromatic heterocycles. The van der Waals surface area contributed by atoms with Gasteiger partial charge in [-0.2, -0.15) is 0 Å². The van der Waals surface area contributed by atoms with E-state index >= 15 is 0 Å². The number of hydrogen-bond donors (Lipinski definition) is 1. The van der Waals surface area contributed by atoms with Crippen molar-refractivity contribution in [1.29, 1.82) is 0 Å². The van der Waals surface area contributed by atoms with Gasteiger partial charge in [0.15, 0.2) is 0 Å². The Kier molecular flexibility index (Phi) is 4.32. The van der Waals surface area contributed by atoms with E-state index in [0.29, 0.717) is 11.3 Å². The molecule has 2 atom stereocenters. The molecule has 4 heteroatoms. The number of fused-ring (bicyclic) bond motifs is 1. The maximum absolute atomic E-state index is 3.71. The fraction of sp³-hybridized carbons (Fsp3) is 0.333. The van der Waals surface area contributed by atoms with Crippen LogP contribution in [0.5, 0.6) is 0 Å². The van der Waals surface area contributed by atoms with Gasteiger partial charge in [-0.05, 0) is 35.1 Å². The lowest BCUT2D eigenvalue weighted by atomic mass is 10.0. The zero-order chi connectivity index (χ0) is 13.2. The Morgan fingerprint density at radius 1 is 1.32 bits per heavy atom. The average molecular weight is 354 g/mol. The molecule has 0 saturated carbocycles. The number of halogens is 1. The first-order valence-electron chi connectivity index (χ1n) is 6.45. The second-order valence-corrected chi connectivity index (χ2v) is 8.33. The third-order valence-corrected chi connectivity index (χ3v) is 6.52. The maximum atomic E-state index is 3.71. The predicted octanol–water partition coefficient (Wildman–Crippen LogP) is 5.23. The minimum absolute atomic E-state index is 0.490. The van der Waals surface area contributed by atoms with Crippen molar-refractivity contribution in [1.82, 2.24) is 5.32 Å². The summed E-state index contributed by atoms with van der Waals surface area (Å²) in [5, 5.41) is 6.62. The molecule has 1 aliphatic heterocycles. The van der Waals surface area contributed by atoms with E-state index in [2.05, 4.69) is 63.9 Å². The third-order valence-electron chi connectivity index (χ3n) is 3.41. The first-order chi connectivity index (χ1) is 9.24. The van der Waals surface area contributed by atoms with Crippen LogP contribution >= 0.6 is 39.0 Å². The molecule has 2 heterocycles. The van der Waals surface area contributed by atoms with Gasteiger partial charge in [0.05, 0.1) is 4.21 Å². The second-order valence-electron chi connectivity index (χ2n) is 4.85. The van der Waals surface area contributed by atoms with E-state index in [4.69, 9.17) is 0 Å². The van der Waals surface area contributed by atoms with Crippen LogP contribution in [0.1, 0.15) is 30.5 Å². The van der Waals surface area contributed by atoms with Crippen LogP contribution in [0.2, 0.25) is 0 Å². The fourth-order valence-corrected chi connectivity index (χ4v) is 5.41. The lowest BCUT2D eigenvalue weighted by Gasteiger charge is -2.27. The summed E-state index contributed by atoms with van der Waals surface area (Å²) < 4.78 is 2.68. The van der Waals surface area contributed by atoms with Gasteiger partial charge < -0.3 is 5.32 Å². The number of benzene rings is 1. The number of nitrogens with one attached hydrogen (secondary N) is 1. The van der Waals surface area contributed by atoms with E-state index in [0.717, 1.165) is 6.54 Å². The number of rotatable bonds is 3. The van der Waals surface area contributed by atoms with E-state index in [1.807, 2.05) is 23.1 Å². The summed E-state index contributed by atoms with van der Waals surface area (Å²) in [7, 11) is 0. The summed E-state index contributed by atoms with van der Waals surface area (Å²) in [6, 6.07) is 11.2. The standard InChI is InChI=1S/C15H16BrNS2/c1-10-8-14(12-6-7-18-15(12)19-10)17-9-11-4-2-3-5-13(11)16/h2-7,10,14,17H,8-9H2,1H3/t10-,14?/m0/s1. The van der Waals surface area contributed by atoms with E-state index in [1.165, 1.54) is 26.2 Å². The van der Waals surface area contributed by atoms with Gasteiger partial charge in [-0.15, -0.1) is 23.1 Å². The largest absolute Gasteiger partial charge is 0.306 e. The summed E-state index contributed by atoms with van der Waals surface area (Å²) in [5.41, 5.74) is 2.81. The van der Waals surface area contributed by atoms with E-state index in [9.17, 15) is 0 Å². The van der Waals surface area contributed by atoms with Crippen molar-refractivity contribution in [3.8, 4) is 0 Å². The van der Waals surface area contributed by atoms with E-state index < -0.39 is 0 Å². The SMILES string of the molecule is C[C@H]1CC(NCc2ccccc2Br)c2ccsc2S1. The van der Waals surface area contributed by atoms with Gasteiger partial charge >= 0.3 is 0 Å². The van der Waals surface area contributed by atoms with Crippen molar-refractivity contribution in [2.75, 3.05) is 0 Å². The van der Waals surface area contributed by atoms with Crippen molar-refractivity contribution in [3.63, 3.8) is 0 Å². The topological polar surface area (TPSA) is 12.0 Å². The first-order valence-corrected chi connectivity index (χ1v) is 9.00. The van der Waals surface area contributed by atoms with Gasteiger partial charge in [0, 0.05) is 22.3 Å². The second kappa shape index (κ2) is 6.00. The smallest absolute Gasteiger partial charge is 0.0649 e. The molecule has 3 rings (SSSR count). The molecule has 1 aromatic carbocycles. The van der Waals surface area contributed by atoms with Crippen LogP contribution in [-0.2, 0) is 6.54 Å². The summed E-state index contributed by atoms with van der Waals surface area (Å²) in [6.07, 6.45) is 1.21. The zero-order valence-corrected chi connectivity index (χ0v) is 13.9. The Hall–Kier alpha value is -0.290. The van der Waals surface area contributed by atoms with Gasteiger partial charge in [-0.1, -0.05) is 41.1 Å². The van der Waals surface area contributed by atoms with Gasteiger partial charge in [0.25, 0.3) is 0 Å². The Morgan fingerprint density at radius 3 is 3.00 bits per heavy atom. The van der Waals surface area contributed by atoms with Crippen molar-refractivity contribution in [3.05, 3.63) is 51.3 Å². The molecule has 0 saturated heterocycles. The molecule has 0 aliphatic carbocycles. The molecule has 0 radical (unpaired) electrons. The molecule has 1 N–H and O–H groups in total. The van der Waals surface area contributed by atoms with Crippen LogP contribution < -0.4 is 5.32 Å². The highest BCUT2D eigenvalue weighted by Crippen LogP contribution is 2.43. The summed E-state index contributed by atoms with van der Waals surface area (Å²) in [4.78, 5) is 0. The van der Waals surface area contributed by atoms with Crippen molar-refractivity contribution in [2.45, 2.75) is 35.4 Å². The minimum Gasteiger partial charge on any atom is -0.306 e. The number of thiophene rings is 1. The summed E-state index contributed by atoms with van der Waals surface area (Å²) >= 11 is 7.50. The Morgan fingerprint density at radius 2 is 2.16 bits per heavy atom. The predicted molar refractivity (Wildman–Crippen MR) is 88.0 cm³/mol. The molecule has 1 nitrogen and oxygen atoms in total. The zero-order valence-electron chi connectivity index (χ0n) is 10.7. The Bertz CT molecular complexity index is 567. The van der Waals surface area contributed by atoms with E-state index in [1.54, 1.807) is 0 Å². The molecular formula is C15H16BrNS2. The highest BCUT2D eigenvalue weighted by molar-refractivity contribution is 9.10. The summed E-state index contributed by atoms with van der Waals surface area (Å²) in [6.45, 7) is 3.24. The van der Waals surface area contributed by atoms with Gasteiger partial charge in [-0.25, -0.2) is 0 Å². The molecule has 19 heavy (non-hydrogen) atoms. The van der Waals surface area contributed by atoms with Crippen LogP contribution in [0.3, 0.4) is 0 Å². The minimum atomic E-state index is 0.490. The number of hydrogen-bond acceptors (Lipinski definition) is 3. The summed E-state index contributed by atoms with van der Waals surface area (Å²) in [5.74, 6) is 0. The van der Waals surface area contributed by atoms with Crippen molar-refractivity contribution < 1.29 is 0 Å². The van der Waals surface area contributed by atoms with Gasteiger partial charge in [-0.3, -0.25) is 0 Å². The highest BCUT2D eigenvalue weighted by atomic mass is 79.9. The quantitative estimate of drug-likeness (QED) is 0.810. The Balaban J connectivity index is 1.73. The monoisotopic (exact) mass is 353 g/mol. The van der Waals surface area contributed by atoms with Crippen molar-refractivity contribution in [2.24, 2.45) is 0 Å². The molecular weight excluding hydrogens is 338 g/mol. The van der Waals surface area contributed by atoms with Crippen molar-refractivity contribution >= 4 is 39.0 Å². The van der Waals surface area contributed by atoms with Gasteiger partial charge in [0.1, 0.15) is 0 Å². The van der Waals surface area contributed by atoms with Crippen LogP contribution in [0.15, 0.2) is 44.4 Å². The fourth-order valence-electron chi connectivity index (χ4n) is 2.42. The molecule has 1 unspecified atom stereocenters. The van der Waals surface area contributed by atoms with Crippen LogP contribution in [0.25, 0.3) is 0 Å². The third kappa shape index (κ3) is 3.07.